The molecule has 13 heteroatoms. The number of nitrogens with two attached hydrogens (primary N) is 4. The molecular formula is C29H39N5O8. The van der Waals surface area contributed by atoms with Gasteiger partial charge in [-0.1, -0.05) is 44.2 Å². The summed E-state index contributed by atoms with van der Waals surface area (Å²) in [4.78, 5) is 49.6. The number of para-hydroxylation sites is 1. The highest BCUT2D eigenvalue weighted by Crippen LogP contribution is 2.19. The Morgan fingerprint density at radius 3 is 2.00 bits per heavy atom. The molecule has 11 N–H and O–H groups in total. The number of ether oxygens (including phenoxy) is 2. The third kappa shape index (κ3) is 9.96. The third-order valence-electron chi connectivity index (χ3n) is 6.40. The van der Waals surface area contributed by atoms with Gasteiger partial charge in [-0.15, -0.1) is 0 Å². The number of carboxylic acids is 1. The molecule has 1 aromatic heterocycles. The van der Waals surface area contributed by atoms with Crippen molar-refractivity contribution in [2.75, 3.05) is 0 Å². The van der Waals surface area contributed by atoms with Gasteiger partial charge >= 0.3 is 23.9 Å². The van der Waals surface area contributed by atoms with Crippen molar-refractivity contribution < 1.29 is 38.9 Å². The summed E-state index contributed by atoms with van der Waals surface area (Å²) in [7, 11) is 0. The average Bonchev–Trinajstić information content (AvgIpc) is 3.35. The number of aromatic amines is 1. The van der Waals surface area contributed by atoms with Gasteiger partial charge in [-0.2, -0.15) is 0 Å². The highest BCUT2D eigenvalue weighted by molar-refractivity contribution is 5.91. The van der Waals surface area contributed by atoms with E-state index in [0.717, 1.165) is 22.0 Å². The van der Waals surface area contributed by atoms with Crippen molar-refractivity contribution in [1.82, 2.24) is 4.98 Å². The van der Waals surface area contributed by atoms with Gasteiger partial charge in [-0.05, 0) is 48.6 Å². The van der Waals surface area contributed by atoms with Crippen LogP contribution in [0.5, 0.6) is 5.75 Å². The van der Waals surface area contributed by atoms with E-state index in [1.54, 1.807) is 32.2 Å². The number of rotatable bonds is 11. The van der Waals surface area contributed by atoms with Crippen LogP contribution in [-0.4, -0.2) is 69.3 Å². The van der Waals surface area contributed by atoms with Gasteiger partial charge in [-0.25, -0.2) is 9.59 Å². The van der Waals surface area contributed by atoms with E-state index in [0.29, 0.717) is 0 Å². The van der Waals surface area contributed by atoms with Gasteiger partial charge in [0.2, 0.25) is 0 Å². The van der Waals surface area contributed by atoms with E-state index in [9.17, 15) is 19.2 Å². The van der Waals surface area contributed by atoms with E-state index in [-0.39, 0.29) is 24.5 Å². The molecule has 0 saturated carbocycles. The summed E-state index contributed by atoms with van der Waals surface area (Å²) in [6.07, 6.45) is 1.27. The summed E-state index contributed by atoms with van der Waals surface area (Å²) >= 11 is 0. The third-order valence-corrected chi connectivity index (χ3v) is 6.40. The highest BCUT2D eigenvalue weighted by atomic mass is 16.6. The van der Waals surface area contributed by atoms with Crippen molar-refractivity contribution in [1.29, 1.82) is 0 Å². The molecule has 0 amide bonds. The van der Waals surface area contributed by atoms with Crippen molar-refractivity contribution in [3.8, 4) is 5.75 Å². The highest BCUT2D eigenvalue weighted by Gasteiger charge is 2.31. The van der Waals surface area contributed by atoms with E-state index in [4.69, 9.17) is 37.9 Å². The maximum absolute atomic E-state index is 12.3. The first kappa shape index (κ1) is 33.9. The van der Waals surface area contributed by atoms with E-state index < -0.39 is 54.1 Å². The standard InChI is InChI=1S/C20H28N4O5.C9H11NO3/c1-10(2)16(22)19(26)29-20(27)17(23)11(3)28-18(25)14(21)8-12-9-24-15-7-5-4-6-13(12)15;10-8(9(12)13)5-6-1-3-7(11)4-2-6/h4-7,9-11,14,16-17,24H,8,21-23H2,1-3H3;1-4,8,11H,5,10H2,(H,12,13)/t11-,14+,16+,17+;8-/m10/s1. The normalized spacial score (nSPS) is 14.6. The number of carbonyl (C=O) groups excluding carboxylic acids is 3. The summed E-state index contributed by atoms with van der Waals surface area (Å²) in [6, 6.07) is 9.82. The number of aromatic hydroxyl groups is 1. The Bertz CT molecular complexity index is 1360. The predicted octanol–water partition coefficient (Wildman–Crippen LogP) is 0.696. The molecular weight excluding hydrogens is 546 g/mol. The van der Waals surface area contributed by atoms with E-state index >= 15 is 0 Å². The molecule has 1 heterocycles. The number of esters is 3. The Kier molecular flexibility index (Phi) is 12.6. The second kappa shape index (κ2) is 15.6. The molecule has 0 aliphatic heterocycles. The van der Waals surface area contributed by atoms with Gasteiger partial charge in [0.15, 0.2) is 0 Å². The molecule has 0 spiro atoms. The SMILES string of the molecule is CC(C)[C@H](N)C(=O)OC(=O)[C@@H](N)[C@@H](C)OC(=O)[C@@H](N)Cc1c[nH]c2ccccc12.N[C@@H](Cc1ccc(O)cc1)C(=O)O. The van der Waals surface area contributed by atoms with Crippen LogP contribution in [0.3, 0.4) is 0 Å². The molecule has 0 bridgehead atoms. The summed E-state index contributed by atoms with van der Waals surface area (Å²) in [5, 5.41) is 18.4. The molecule has 0 unspecified atom stereocenters. The fourth-order valence-corrected chi connectivity index (χ4v) is 3.64. The first-order valence-electron chi connectivity index (χ1n) is 13.2. The largest absolute Gasteiger partial charge is 0.508 e. The summed E-state index contributed by atoms with van der Waals surface area (Å²) in [5.41, 5.74) is 25.3. The number of aliphatic carboxylic acids is 1. The fourth-order valence-electron chi connectivity index (χ4n) is 3.64. The van der Waals surface area contributed by atoms with E-state index in [2.05, 4.69) is 9.72 Å². The van der Waals surface area contributed by atoms with Crippen molar-refractivity contribution >= 4 is 34.8 Å². The zero-order valence-corrected chi connectivity index (χ0v) is 23.7. The Morgan fingerprint density at radius 1 is 0.810 bits per heavy atom. The number of fused-ring (bicyclic) bond motifs is 1. The fraction of sp³-hybridized carbons (Fsp3) is 0.379. The minimum atomic E-state index is -1.34. The maximum Gasteiger partial charge on any atom is 0.334 e. The Morgan fingerprint density at radius 2 is 1.40 bits per heavy atom. The number of benzene rings is 2. The minimum absolute atomic E-state index is 0.160. The number of hydrogen-bond donors (Lipinski definition) is 7. The van der Waals surface area contributed by atoms with Crippen LogP contribution in [-0.2, 0) is 41.5 Å². The molecule has 0 aliphatic rings. The van der Waals surface area contributed by atoms with Gasteiger partial charge in [0.05, 0.1) is 0 Å². The second-order valence-corrected chi connectivity index (χ2v) is 10.2. The van der Waals surface area contributed by atoms with Crippen LogP contribution in [0.15, 0.2) is 54.7 Å². The first-order chi connectivity index (χ1) is 19.7. The molecule has 3 aromatic rings. The van der Waals surface area contributed by atoms with Crippen LogP contribution in [0.25, 0.3) is 10.9 Å². The van der Waals surface area contributed by atoms with Crippen LogP contribution >= 0.6 is 0 Å². The minimum Gasteiger partial charge on any atom is -0.508 e. The van der Waals surface area contributed by atoms with Crippen LogP contribution < -0.4 is 22.9 Å². The average molecular weight is 586 g/mol. The number of phenolic OH excluding ortho intramolecular Hbond substituents is 1. The van der Waals surface area contributed by atoms with Gasteiger partial charge < -0.3 is 47.6 Å². The Hall–Kier alpha value is -4.30. The van der Waals surface area contributed by atoms with Crippen LogP contribution in [0, 0.1) is 5.92 Å². The maximum atomic E-state index is 12.3. The van der Waals surface area contributed by atoms with Gasteiger partial charge in [-0.3, -0.25) is 9.59 Å². The van der Waals surface area contributed by atoms with Crippen LogP contribution in [0.2, 0.25) is 0 Å². The van der Waals surface area contributed by atoms with Gasteiger partial charge in [0.25, 0.3) is 0 Å². The molecule has 0 saturated heterocycles. The van der Waals surface area contributed by atoms with E-state index in [1.807, 2.05) is 24.3 Å². The second-order valence-electron chi connectivity index (χ2n) is 10.2. The topological polar surface area (TPSA) is 247 Å². The Labute approximate surface area is 243 Å². The van der Waals surface area contributed by atoms with E-state index in [1.165, 1.54) is 19.1 Å². The quantitative estimate of drug-likeness (QED) is 0.121. The lowest BCUT2D eigenvalue weighted by Crippen LogP contribution is -2.48. The van der Waals surface area contributed by atoms with Crippen molar-refractivity contribution in [2.45, 2.75) is 63.9 Å². The number of carboxylic acid groups (broad SMARTS) is 1. The lowest BCUT2D eigenvalue weighted by molar-refractivity contribution is -0.165. The van der Waals surface area contributed by atoms with Gasteiger partial charge in [0, 0.05) is 23.5 Å². The first-order valence-corrected chi connectivity index (χ1v) is 13.2. The zero-order chi connectivity index (χ0) is 31.6. The number of hydrogen-bond acceptors (Lipinski definition) is 11. The van der Waals surface area contributed by atoms with Crippen LogP contribution in [0.4, 0.5) is 0 Å². The summed E-state index contributed by atoms with van der Waals surface area (Å²) in [5.74, 6) is -3.67. The van der Waals surface area contributed by atoms with Crippen LogP contribution in [0.1, 0.15) is 31.9 Å². The number of aromatic nitrogens is 1. The van der Waals surface area contributed by atoms with Crippen molar-refractivity contribution in [2.24, 2.45) is 28.9 Å². The molecule has 2 aromatic carbocycles. The predicted molar refractivity (Wildman–Crippen MR) is 155 cm³/mol. The molecule has 0 fully saturated rings. The van der Waals surface area contributed by atoms with Crippen molar-refractivity contribution in [3.63, 3.8) is 0 Å². The molecule has 0 radical (unpaired) electrons. The smallest absolute Gasteiger partial charge is 0.334 e. The number of phenols is 1. The molecule has 13 nitrogen and oxygen atoms in total. The number of nitrogens with one attached hydrogen (secondary N) is 1. The van der Waals surface area contributed by atoms with Crippen molar-refractivity contribution in [3.05, 3.63) is 65.9 Å². The molecule has 0 aliphatic carbocycles. The number of H-pyrrole nitrogens is 1. The lowest BCUT2D eigenvalue weighted by Gasteiger charge is -2.21. The monoisotopic (exact) mass is 585 g/mol. The Balaban J connectivity index is 0.000000395. The molecule has 42 heavy (non-hydrogen) atoms. The lowest BCUT2D eigenvalue weighted by atomic mass is 10.1. The summed E-state index contributed by atoms with van der Waals surface area (Å²) in [6.45, 7) is 4.86. The molecule has 3 rings (SSSR count). The molecule has 5 atom stereocenters. The number of carbonyl (C=O) groups is 4. The summed E-state index contributed by atoms with van der Waals surface area (Å²) < 4.78 is 9.88. The zero-order valence-electron chi connectivity index (χ0n) is 23.7. The van der Waals surface area contributed by atoms with Gasteiger partial charge in [0.1, 0.15) is 36.0 Å². The molecule has 228 valence electrons.